The number of benzene rings is 1. The van der Waals surface area contributed by atoms with Gasteiger partial charge in [0.25, 0.3) is 5.56 Å². The molecule has 1 saturated heterocycles. The molecule has 0 radical (unpaired) electrons. The molecule has 3 rings (SSSR count). The normalized spacial score (nSPS) is 17.9. The molecule has 1 aromatic heterocycles. The van der Waals surface area contributed by atoms with Gasteiger partial charge in [0.05, 0.1) is 17.6 Å². The van der Waals surface area contributed by atoms with Gasteiger partial charge in [0.2, 0.25) is 5.91 Å². The van der Waals surface area contributed by atoms with E-state index < -0.39 is 18.3 Å². The summed E-state index contributed by atoms with van der Waals surface area (Å²) >= 11 is 0. The maximum Gasteiger partial charge on any atom is 0.494 e. The average molecular weight is 354 g/mol. The largest absolute Gasteiger partial charge is 0.494 e. The van der Waals surface area contributed by atoms with Crippen LogP contribution >= 0.6 is 0 Å². The number of pyridine rings is 1. The molecule has 0 unspecified atom stereocenters. The second-order valence-corrected chi connectivity index (χ2v) is 7.46. The second kappa shape index (κ2) is 6.74. The molecule has 6 nitrogen and oxygen atoms in total. The molecule has 2 aromatic rings. The summed E-state index contributed by atoms with van der Waals surface area (Å²) in [5, 5.41) is 2.79. The van der Waals surface area contributed by atoms with Gasteiger partial charge < -0.3 is 19.6 Å². The lowest BCUT2D eigenvalue weighted by Gasteiger charge is -2.32. The molecule has 1 fully saturated rings. The van der Waals surface area contributed by atoms with E-state index in [4.69, 9.17) is 9.31 Å². The fourth-order valence-electron chi connectivity index (χ4n) is 2.68. The Morgan fingerprint density at radius 1 is 1.08 bits per heavy atom. The third-order valence-corrected chi connectivity index (χ3v) is 4.97. The molecule has 2 heterocycles. The van der Waals surface area contributed by atoms with Gasteiger partial charge in [-0.25, -0.2) is 0 Å². The van der Waals surface area contributed by atoms with E-state index in [1.165, 1.54) is 6.20 Å². The molecule has 0 aliphatic carbocycles. The Hall–Kier alpha value is -2.38. The van der Waals surface area contributed by atoms with Gasteiger partial charge >= 0.3 is 7.12 Å². The Balaban J connectivity index is 1.64. The third-order valence-electron chi connectivity index (χ3n) is 4.97. The van der Waals surface area contributed by atoms with Gasteiger partial charge in [-0.1, -0.05) is 18.2 Å². The summed E-state index contributed by atoms with van der Waals surface area (Å²) < 4.78 is 12.0. The Bertz CT molecular complexity index is 842. The van der Waals surface area contributed by atoms with Crippen LogP contribution in [0.25, 0.3) is 0 Å². The van der Waals surface area contributed by atoms with Crippen LogP contribution in [0.3, 0.4) is 0 Å². The molecule has 0 atom stereocenters. The molecule has 1 aliphatic rings. The number of H-pyrrole nitrogens is 1. The van der Waals surface area contributed by atoms with E-state index in [0.29, 0.717) is 11.3 Å². The van der Waals surface area contributed by atoms with E-state index >= 15 is 0 Å². The van der Waals surface area contributed by atoms with Crippen molar-refractivity contribution in [3.05, 3.63) is 58.5 Å². The summed E-state index contributed by atoms with van der Waals surface area (Å²) in [4.78, 5) is 26.3. The molecular formula is C19H23BN2O4. The molecule has 1 aromatic carbocycles. The number of rotatable bonds is 4. The van der Waals surface area contributed by atoms with Crippen LogP contribution in [0.15, 0.2) is 47.4 Å². The van der Waals surface area contributed by atoms with Gasteiger partial charge in [-0.15, -0.1) is 0 Å². The smallest absolute Gasteiger partial charge is 0.399 e. The topological polar surface area (TPSA) is 80.4 Å². The minimum absolute atomic E-state index is 0.0230. The van der Waals surface area contributed by atoms with Crippen molar-refractivity contribution in [2.24, 2.45) is 0 Å². The van der Waals surface area contributed by atoms with E-state index in [0.717, 1.165) is 5.46 Å². The first-order valence-electron chi connectivity index (χ1n) is 8.60. The molecule has 0 spiro atoms. The van der Waals surface area contributed by atoms with E-state index in [1.807, 2.05) is 39.8 Å². The Kier molecular flexibility index (Phi) is 4.77. The van der Waals surface area contributed by atoms with Crippen molar-refractivity contribution in [3.8, 4) is 0 Å². The molecule has 0 saturated carbocycles. The Labute approximate surface area is 153 Å². The number of amides is 1. The Morgan fingerprint density at radius 2 is 1.69 bits per heavy atom. The number of carbonyl (C=O) groups excluding carboxylic acids is 1. The van der Waals surface area contributed by atoms with Gasteiger partial charge in [-0.3, -0.25) is 9.59 Å². The minimum atomic E-state index is -0.437. The Morgan fingerprint density at radius 3 is 2.27 bits per heavy atom. The van der Waals surface area contributed by atoms with Gasteiger partial charge in [0, 0.05) is 17.4 Å². The molecule has 26 heavy (non-hydrogen) atoms. The summed E-state index contributed by atoms with van der Waals surface area (Å²) in [6, 6.07) is 10.7. The fourth-order valence-corrected chi connectivity index (χ4v) is 2.68. The first-order valence-corrected chi connectivity index (χ1v) is 8.60. The van der Waals surface area contributed by atoms with Crippen LogP contribution in [-0.2, 0) is 20.5 Å². The highest BCUT2D eigenvalue weighted by molar-refractivity contribution is 6.62. The van der Waals surface area contributed by atoms with Crippen LogP contribution in [-0.4, -0.2) is 29.2 Å². The number of carbonyl (C=O) groups is 1. The maximum atomic E-state index is 12.1. The number of aromatic nitrogens is 1. The van der Waals surface area contributed by atoms with Crippen LogP contribution in [0.2, 0.25) is 0 Å². The van der Waals surface area contributed by atoms with Crippen molar-refractivity contribution in [1.29, 1.82) is 0 Å². The van der Waals surface area contributed by atoms with Crippen LogP contribution < -0.4 is 16.3 Å². The zero-order valence-corrected chi connectivity index (χ0v) is 15.5. The summed E-state index contributed by atoms with van der Waals surface area (Å²) in [6.45, 7) is 8.03. The highest BCUT2D eigenvalue weighted by Gasteiger charge is 2.51. The molecule has 0 bridgehead atoms. The zero-order chi connectivity index (χ0) is 18.9. The van der Waals surface area contributed by atoms with Gasteiger partial charge in [0.15, 0.2) is 0 Å². The summed E-state index contributed by atoms with van der Waals surface area (Å²) in [5.74, 6) is -0.245. The average Bonchev–Trinajstić information content (AvgIpc) is 2.78. The van der Waals surface area contributed by atoms with E-state index in [9.17, 15) is 9.59 Å². The predicted molar refractivity (Wildman–Crippen MR) is 102 cm³/mol. The number of nitrogens with one attached hydrogen (secondary N) is 2. The molecule has 1 aliphatic heterocycles. The molecule has 1 amide bonds. The number of hydrogen-bond donors (Lipinski definition) is 2. The second-order valence-electron chi connectivity index (χ2n) is 7.46. The van der Waals surface area contributed by atoms with Crippen molar-refractivity contribution < 1.29 is 14.1 Å². The summed E-state index contributed by atoms with van der Waals surface area (Å²) in [6.07, 6.45) is 1.56. The molecule has 136 valence electrons. The van der Waals surface area contributed by atoms with E-state index in [2.05, 4.69) is 10.3 Å². The van der Waals surface area contributed by atoms with Gasteiger partial charge in [0.1, 0.15) is 0 Å². The molecule has 7 heteroatoms. The van der Waals surface area contributed by atoms with Crippen LogP contribution in [0.4, 0.5) is 5.69 Å². The summed E-state index contributed by atoms with van der Waals surface area (Å²) in [5.41, 5.74) is 0.932. The standard InChI is InChI=1S/C19H23BN2O4/c1-18(2)19(3,4)26-20(25-18)14-7-9-15(10-8-14)22-16(23)12-13-6-5-11-21-17(13)24/h5-11H,12H2,1-4H3,(H,21,24)(H,22,23). The number of hydrogen-bond acceptors (Lipinski definition) is 4. The monoisotopic (exact) mass is 354 g/mol. The first kappa shape index (κ1) is 18.4. The summed E-state index contributed by atoms with van der Waals surface area (Å²) in [7, 11) is -0.437. The molecule has 2 N–H and O–H groups in total. The zero-order valence-electron chi connectivity index (χ0n) is 15.5. The molecular weight excluding hydrogens is 331 g/mol. The quantitative estimate of drug-likeness (QED) is 0.822. The highest BCUT2D eigenvalue weighted by Crippen LogP contribution is 2.36. The lowest BCUT2D eigenvalue weighted by atomic mass is 9.79. The van der Waals surface area contributed by atoms with Crippen molar-refractivity contribution in [2.75, 3.05) is 5.32 Å². The lowest BCUT2D eigenvalue weighted by Crippen LogP contribution is -2.41. The lowest BCUT2D eigenvalue weighted by molar-refractivity contribution is -0.115. The van der Waals surface area contributed by atoms with Crippen molar-refractivity contribution in [3.63, 3.8) is 0 Å². The highest BCUT2D eigenvalue weighted by atomic mass is 16.7. The van der Waals surface area contributed by atoms with Crippen molar-refractivity contribution >= 4 is 24.2 Å². The van der Waals surface area contributed by atoms with Crippen LogP contribution in [0, 0.1) is 0 Å². The van der Waals surface area contributed by atoms with Gasteiger partial charge in [-0.2, -0.15) is 0 Å². The SMILES string of the molecule is CC1(C)OB(c2ccc(NC(=O)Cc3ccc[nH]c3=O)cc2)OC1(C)C. The van der Waals surface area contributed by atoms with E-state index in [1.54, 1.807) is 24.3 Å². The number of aromatic amines is 1. The van der Waals surface area contributed by atoms with Crippen LogP contribution in [0.1, 0.15) is 33.3 Å². The van der Waals surface area contributed by atoms with Crippen molar-refractivity contribution in [1.82, 2.24) is 4.98 Å². The van der Waals surface area contributed by atoms with Crippen molar-refractivity contribution in [2.45, 2.75) is 45.3 Å². The number of anilines is 1. The maximum absolute atomic E-state index is 12.1. The third kappa shape index (κ3) is 3.74. The van der Waals surface area contributed by atoms with Gasteiger partial charge in [-0.05, 0) is 51.4 Å². The van der Waals surface area contributed by atoms with E-state index in [-0.39, 0.29) is 17.9 Å². The minimum Gasteiger partial charge on any atom is -0.399 e. The fraction of sp³-hybridized carbons (Fsp3) is 0.368. The predicted octanol–water partition coefficient (Wildman–Crippen LogP) is 1.86. The van der Waals surface area contributed by atoms with Crippen LogP contribution in [0.5, 0.6) is 0 Å². The first-order chi connectivity index (χ1) is 12.2.